The molecule has 156 valence electrons. The summed E-state index contributed by atoms with van der Waals surface area (Å²) in [4.78, 5) is 16.4. The minimum Gasteiger partial charge on any atom is -0.487 e. The van der Waals surface area contributed by atoms with Crippen LogP contribution in [0.2, 0.25) is 0 Å². The second kappa shape index (κ2) is 9.84. The molecule has 29 heavy (non-hydrogen) atoms. The molecule has 1 aliphatic carbocycles. The van der Waals surface area contributed by atoms with E-state index in [0.717, 1.165) is 31.4 Å². The summed E-state index contributed by atoms with van der Waals surface area (Å²) in [7, 11) is -3.68. The molecular weight excluding hydrogens is 390 g/mol. The van der Waals surface area contributed by atoms with E-state index in [0.29, 0.717) is 24.0 Å². The normalized spacial score (nSPS) is 19.5. The fourth-order valence-electron chi connectivity index (χ4n) is 3.35. The van der Waals surface area contributed by atoms with Gasteiger partial charge in [-0.05, 0) is 55.9 Å². The van der Waals surface area contributed by atoms with Crippen molar-refractivity contribution in [1.29, 1.82) is 0 Å². The average molecular weight is 418 g/mol. The zero-order valence-corrected chi connectivity index (χ0v) is 17.3. The lowest BCUT2D eigenvalue weighted by Gasteiger charge is -2.26. The van der Waals surface area contributed by atoms with Gasteiger partial charge in [0, 0.05) is 24.0 Å². The number of amides is 1. The minimum absolute atomic E-state index is 0.0766. The van der Waals surface area contributed by atoms with Crippen molar-refractivity contribution >= 4 is 21.6 Å². The van der Waals surface area contributed by atoms with Crippen molar-refractivity contribution in [3.05, 3.63) is 54.4 Å². The van der Waals surface area contributed by atoms with E-state index in [2.05, 4.69) is 21.9 Å². The summed E-state index contributed by atoms with van der Waals surface area (Å²) in [6, 6.07) is 12.3. The van der Waals surface area contributed by atoms with Crippen LogP contribution in [0.25, 0.3) is 0 Å². The van der Waals surface area contributed by atoms with Crippen molar-refractivity contribution in [2.45, 2.75) is 45.3 Å². The number of nitrogens with zero attached hydrogens (tertiary/aromatic N) is 1. The first kappa shape index (κ1) is 21.3. The third kappa shape index (κ3) is 7.14. The Bertz CT molecular complexity index is 911. The molecule has 1 fully saturated rings. The lowest BCUT2D eigenvalue weighted by atomic mass is 9.88. The Labute approximate surface area is 171 Å². The van der Waals surface area contributed by atoms with E-state index in [1.807, 2.05) is 18.2 Å². The Morgan fingerprint density at radius 3 is 2.66 bits per heavy atom. The van der Waals surface area contributed by atoms with E-state index in [4.69, 9.17) is 4.74 Å². The molecule has 0 radical (unpaired) electrons. The number of ether oxygens (including phenoxy) is 1. The van der Waals surface area contributed by atoms with Crippen molar-refractivity contribution in [2.75, 3.05) is 11.1 Å². The predicted octanol–water partition coefficient (Wildman–Crippen LogP) is 3.10. The maximum atomic E-state index is 12.3. The first-order valence-electron chi connectivity index (χ1n) is 9.82. The first-order valence-corrected chi connectivity index (χ1v) is 11.5. The number of anilines is 1. The number of hydrogen-bond acceptors (Lipinski definition) is 5. The molecule has 0 spiro atoms. The summed E-state index contributed by atoms with van der Waals surface area (Å²) in [5, 5.41) is 2.63. The van der Waals surface area contributed by atoms with Gasteiger partial charge < -0.3 is 10.1 Å². The number of pyridine rings is 1. The third-order valence-electron chi connectivity index (χ3n) is 4.91. The van der Waals surface area contributed by atoms with Gasteiger partial charge in [0.2, 0.25) is 15.9 Å². The molecule has 0 aliphatic heterocycles. The number of carbonyl (C=O) groups excluding carboxylic acids is 1. The van der Waals surface area contributed by atoms with Crippen LogP contribution >= 0.6 is 0 Å². The highest BCUT2D eigenvalue weighted by Gasteiger charge is 2.24. The largest absolute Gasteiger partial charge is 0.487 e. The Kier molecular flexibility index (Phi) is 7.22. The van der Waals surface area contributed by atoms with Crippen LogP contribution in [0.5, 0.6) is 5.75 Å². The van der Waals surface area contributed by atoms with Crippen molar-refractivity contribution < 1.29 is 17.9 Å². The molecule has 0 atom stereocenters. The highest BCUT2D eigenvalue weighted by Crippen LogP contribution is 2.24. The van der Waals surface area contributed by atoms with Gasteiger partial charge in [0.25, 0.3) is 0 Å². The summed E-state index contributed by atoms with van der Waals surface area (Å²) in [5.74, 6) is 0.0125. The number of carbonyl (C=O) groups is 1. The predicted molar refractivity (Wildman–Crippen MR) is 112 cm³/mol. The molecule has 1 aromatic heterocycles. The summed E-state index contributed by atoms with van der Waals surface area (Å²) in [6.45, 7) is 2.48. The second-order valence-corrected chi connectivity index (χ2v) is 9.27. The molecule has 3 rings (SSSR count). The molecule has 0 bridgehead atoms. The average Bonchev–Trinajstić information content (AvgIpc) is 2.68. The van der Waals surface area contributed by atoms with E-state index < -0.39 is 21.7 Å². The number of rotatable bonds is 8. The highest BCUT2D eigenvalue weighted by atomic mass is 32.2. The van der Waals surface area contributed by atoms with Crippen LogP contribution < -0.4 is 14.8 Å². The Morgan fingerprint density at radius 1 is 1.14 bits per heavy atom. The van der Waals surface area contributed by atoms with Crippen LogP contribution in [0.1, 0.15) is 38.3 Å². The van der Waals surface area contributed by atoms with Gasteiger partial charge in [0.05, 0.1) is 5.69 Å². The first-order chi connectivity index (χ1) is 13.9. The Hall–Kier alpha value is -2.45. The van der Waals surface area contributed by atoms with Gasteiger partial charge in [0.15, 0.2) is 0 Å². The summed E-state index contributed by atoms with van der Waals surface area (Å²) >= 11 is 0. The Balaban J connectivity index is 1.50. The van der Waals surface area contributed by atoms with Crippen molar-refractivity contribution in [1.82, 2.24) is 9.71 Å². The Morgan fingerprint density at radius 2 is 1.93 bits per heavy atom. The topological polar surface area (TPSA) is 97.4 Å². The van der Waals surface area contributed by atoms with Gasteiger partial charge >= 0.3 is 0 Å². The van der Waals surface area contributed by atoms with Crippen molar-refractivity contribution in [2.24, 2.45) is 5.92 Å². The van der Waals surface area contributed by atoms with Gasteiger partial charge in [-0.2, -0.15) is 0 Å². The molecule has 2 N–H and O–H groups in total. The number of benzene rings is 1. The molecular formula is C21H27N3O4S. The van der Waals surface area contributed by atoms with Gasteiger partial charge in [-0.15, -0.1) is 0 Å². The standard InChI is InChI=1S/C21H27N3O4S/c1-16-8-10-17(11-9-16)24-29(26,27)15-21(25)23-18-6-4-7-20(13-18)28-14-19-5-2-3-12-22-19/h2-7,12-13,16-17,24H,8-11,14-15H2,1H3,(H,23,25). The molecule has 2 aromatic rings. The van der Waals surface area contributed by atoms with Gasteiger partial charge in [-0.3, -0.25) is 9.78 Å². The molecule has 1 saturated carbocycles. The van der Waals surface area contributed by atoms with E-state index in [1.165, 1.54) is 0 Å². The van der Waals surface area contributed by atoms with Crippen LogP contribution in [0.4, 0.5) is 5.69 Å². The van der Waals surface area contributed by atoms with Crippen LogP contribution in [-0.4, -0.2) is 31.1 Å². The number of sulfonamides is 1. The van der Waals surface area contributed by atoms with Crippen LogP contribution in [-0.2, 0) is 21.4 Å². The molecule has 0 unspecified atom stereocenters. The zero-order valence-electron chi connectivity index (χ0n) is 16.5. The fourth-order valence-corrected chi connectivity index (χ4v) is 4.59. The lowest BCUT2D eigenvalue weighted by molar-refractivity contribution is -0.113. The van der Waals surface area contributed by atoms with Gasteiger partial charge in [-0.25, -0.2) is 13.1 Å². The molecule has 0 saturated heterocycles. The quantitative estimate of drug-likeness (QED) is 0.688. The summed E-state index contributed by atoms with van der Waals surface area (Å²) < 4.78 is 32.9. The molecule has 1 amide bonds. The monoisotopic (exact) mass is 417 g/mol. The van der Waals surface area contributed by atoms with Crippen molar-refractivity contribution in [3.8, 4) is 5.75 Å². The maximum absolute atomic E-state index is 12.3. The number of hydrogen-bond donors (Lipinski definition) is 2. The SMILES string of the molecule is CC1CCC(NS(=O)(=O)CC(=O)Nc2cccc(OCc3ccccn3)c2)CC1. The van der Waals surface area contributed by atoms with E-state index in [9.17, 15) is 13.2 Å². The fraction of sp³-hybridized carbons (Fsp3) is 0.429. The number of aromatic nitrogens is 1. The summed E-state index contributed by atoms with van der Waals surface area (Å²) in [6.07, 6.45) is 5.34. The molecule has 1 heterocycles. The molecule has 8 heteroatoms. The second-order valence-electron chi connectivity index (χ2n) is 7.52. The van der Waals surface area contributed by atoms with Gasteiger partial charge in [-0.1, -0.05) is 19.1 Å². The van der Waals surface area contributed by atoms with Crippen LogP contribution in [0.15, 0.2) is 48.7 Å². The molecule has 1 aromatic carbocycles. The smallest absolute Gasteiger partial charge is 0.240 e. The maximum Gasteiger partial charge on any atom is 0.240 e. The number of nitrogens with one attached hydrogen (secondary N) is 2. The minimum atomic E-state index is -3.68. The van der Waals surface area contributed by atoms with E-state index in [1.54, 1.807) is 30.5 Å². The van der Waals surface area contributed by atoms with Crippen LogP contribution in [0.3, 0.4) is 0 Å². The van der Waals surface area contributed by atoms with Gasteiger partial charge in [0.1, 0.15) is 18.1 Å². The van der Waals surface area contributed by atoms with E-state index in [-0.39, 0.29) is 6.04 Å². The van der Waals surface area contributed by atoms with Crippen LogP contribution in [0, 0.1) is 5.92 Å². The molecule has 1 aliphatic rings. The summed E-state index contributed by atoms with van der Waals surface area (Å²) in [5.41, 5.74) is 1.27. The molecule has 7 nitrogen and oxygen atoms in total. The lowest BCUT2D eigenvalue weighted by Crippen LogP contribution is -2.41. The van der Waals surface area contributed by atoms with E-state index >= 15 is 0 Å². The highest BCUT2D eigenvalue weighted by molar-refractivity contribution is 7.90. The zero-order chi connectivity index (χ0) is 20.7. The third-order valence-corrected chi connectivity index (χ3v) is 6.25. The van der Waals surface area contributed by atoms with Crippen molar-refractivity contribution in [3.63, 3.8) is 0 Å².